The highest BCUT2D eigenvalue weighted by Gasteiger charge is 2.28. The SMILES string of the molecule is CC1CC(C)CC(n2nnnc2-c2ccc(Cl)cc2N)C1. The molecule has 1 saturated carbocycles. The van der Waals surface area contributed by atoms with Crippen molar-refractivity contribution in [3.63, 3.8) is 0 Å². The molecule has 1 aliphatic rings. The minimum atomic E-state index is 0.337. The minimum Gasteiger partial charge on any atom is -0.398 e. The lowest BCUT2D eigenvalue weighted by molar-refractivity contribution is 0.209. The van der Waals surface area contributed by atoms with Gasteiger partial charge in [-0.25, -0.2) is 4.68 Å². The lowest BCUT2D eigenvalue weighted by Crippen LogP contribution is -2.24. The molecule has 3 rings (SSSR count). The van der Waals surface area contributed by atoms with Gasteiger partial charge in [0.15, 0.2) is 5.82 Å². The number of nitrogens with two attached hydrogens (primary N) is 1. The van der Waals surface area contributed by atoms with Gasteiger partial charge in [0, 0.05) is 16.3 Å². The van der Waals surface area contributed by atoms with E-state index in [0.29, 0.717) is 28.6 Å². The number of nitrogen functional groups attached to an aromatic ring is 1. The van der Waals surface area contributed by atoms with E-state index in [1.54, 1.807) is 6.07 Å². The van der Waals surface area contributed by atoms with Gasteiger partial charge in [-0.3, -0.25) is 0 Å². The third kappa shape index (κ3) is 2.88. The zero-order chi connectivity index (χ0) is 15.0. The molecule has 2 aromatic rings. The van der Waals surface area contributed by atoms with Crippen molar-refractivity contribution >= 4 is 17.3 Å². The molecule has 1 fully saturated rings. The highest BCUT2D eigenvalue weighted by Crippen LogP contribution is 2.37. The number of aromatic nitrogens is 4. The Morgan fingerprint density at radius 2 is 1.90 bits per heavy atom. The molecule has 0 spiro atoms. The average molecular weight is 306 g/mol. The first-order chi connectivity index (χ1) is 10.0. The predicted octanol–water partition coefficient (Wildman–Crippen LogP) is 3.57. The topological polar surface area (TPSA) is 69.6 Å². The summed E-state index contributed by atoms with van der Waals surface area (Å²) >= 11 is 5.97. The fraction of sp³-hybridized carbons (Fsp3) is 0.533. The normalized spacial score (nSPS) is 26.0. The summed E-state index contributed by atoms with van der Waals surface area (Å²) in [7, 11) is 0. The van der Waals surface area contributed by atoms with Crippen molar-refractivity contribution in [2.45, 2.75) is 39.2 Å². The zero-order valence-corrected chi connectivity index (χ0v) is 13.1. The molecule has 0 aliphatic heterocycles. The molecule has 0 bridgehead atoms. The maximum atomic E-state index is 6.07. The molecule has 1 heterocycles. The molecule has 21 heavy (non-hydrogen) atoms. The average Bonchev–Trinajstić information content (AvgIpc) is 2.86. The van der Waals surface area contributed by atoms with E-state index in [-0.39, 0.29) is 0 Å². The van der Waals surface area contributed by atoms with E-state index in [1.807, 2.05) is 16.8 Å². The van der Waals surface area contributed by atoms with Crippen LogP contribution in [-0.2, 0) is 0 Å². The lowest BCUT2D eigenvalue weighted by Gasteiger charge is -2.31. The molecule has 2 unspecified atom stereocenters. The smallest absolute Gasteiger partial charge is 0.184 e. The summed E-state index contributed by atoms with van der Waals surface area (Å²) in [6, 6.07) is 5.78. The minimum absolute atomic E-state index is 0.337. The van der Waals surface area contributed by atoms with Crippen LogP contribution in [0.15, 0.2) is 18.2 Å². The molecule has 0 amide bonds. The third-order valence-corrected chi connectivity index (χ3v) is 4.48. The Hall–Kier alpha value is -1.62. The number of hydrogen-bond acceptors (Lipinski definition) is 4. The molecule has 1 aliphatic carbocycles. The van der Waals surface area contributed by atoms with Crippen molar-refractivity contribution in [2.24, 2.45) is 11.8 Å². The van der Waals surface area contributed by atoms with Crippen LogP contribution in [0.5, 0.6) is 0 Å². The van der Waals surface area contributed by atoms with Gasteiger partial charge in [0.05, 0.1) is 6.04 Å². The molecule has 0 saturated heterocycles. The fourth-order valence-corrected chi connectivity index (χ4v) is 3.64. The number of benzene rings is 1. The van der Waals surface area contributed by atoms with Crippen molar-refractivity contribution < 1.29 is 0 Å². The van der Waals surface area contributed by atoms with Crippen molar-refractivity contribution in [1.82, 2.24) is 20.2 Å². The van der Waals surface area contributed by atoms with Crippen LogP contribution in [0.2, 0.25) is 5.02 Å². The first-order valence-electron chi connectivity index (χ1n) is 7.38. The number of halogens is 1. The molecule has 1 aromatic carbocycles. The summed E-state index contributed by atoms with van der Waals surface area (Å²) in [5, 5.41) is 12.9. The van der Waals surface area contributed by atoms with Crippen LogP contribution < -0.4 is 5.73 Å². The van der Waals surface area contributed by atoms with Crippen molar-refractivity contribution in [3.05, 3.63) is 23.2 Å². The maximum Gasteiger partial charge on any atom is 0.184 e. The fourth-order valence-electron chi connectivity index (χ4n) is 3.46. The number of anilines is 1. The van der Waals surface area contributed by atoms with E-state index in [9.17, 15) is 0 Å². The van der Waals surface area contributed by atoms with E-state index in [4.69, 9.17) is 17.3 Å². The highest BCUT2D eigenvalue weighted by atomic mass is 35.5. The standard InChI is InChI=1S/C15H20ClN5/c1-9-5-10(2)7-12(6-9)21-15(18-19-20-21)13-4-3-11(16)8-14(13)17/h3-4,8-10,12H,5-7,17H2,1-2H3. The Kier molecular flexibility index (Phi) is 3.85. The first-order valence-corrected chi connectivity index (χ1v) is 7.75. The summed E-state index contributed by atoms with van der Waals surface area (Å²) in [6.07, 6.45) is 3.49. The molecule has 5 nitrogen and oxygen atoms in total. The number of tetrazole rings is 1. The van der Waals surface area contributed by atoms with Crippen LogP contribution in [0, 0.1) is 11.8 Å². The van der Waals surface area contributed by atoms with Gasteiger partial charge in [0.1, 0.15) is 0 Å². The van der Waals surface area contributed by atoms with Gasteiger partial charge in [-0.05, 0) is 59.7 Å². The van der Waals surface area contributed by atoms with Gasteiger partial charge in [-0.1, -0.05) is 25.4 Å². The largest absolute Gasteiger partial charge is 0.398 e. The van der Waals surface area contributed by atoms with Gasteiger partial charge in [-0.2, -0.15) is 0 Å². The second-order valence-electron chi connectivity index (χ2n) is 6.25. The first kappa shape index (κ1) is 14.3. The van der Waals surface area contributed by atoms with E-state index < -0.39 is 0 Å². The molecular formula is C15H20ClN5. The maximum absolute atomic E-state index is 6.07. The number of hydrogen-bond donors (Lipinski definition) is 1. The quantitative estimate of drug-likeness (QED) is 0.861. The van der Waals surface area contributed by atoms with Gasteiger partial charge in [0.2, 0.25) is 0 Å². The van der Waals surface area contributed by atoms with Crippen molar-refractivity contribution in [2.75, 3.05) is 5.73 Å². The zero-order valence-electron chi connectivity index (χ0n) is 12.3. The van der Waals surface area contributed by atoms with Crippen LogP contribution >= 0.6 is 11.6 Å². The molecular weight excluding hydrogens is 286 g/mol. The molecule has 2 atom stereocenters. The van der Waals surface area contributed by atoms with Gasteiger partial charge >= 0.3 is 0 Å². The van der Waals surface area contributed by atoms with Gasteiger partial charge < -0.3 is 5.73 Å². The van der Waals surface area contributed by atoms with E-state index in [0.717, 1.165) is 24.2 Å². The Morgan fingerprint density at radius 1 is 1.19 bits per heavy atom. The molecule has 6 heteroatoms. The van der Waals surface area contributed by atoms with Crippen LogP contribution in [0.3, 0.4) is 0 Å². The monoisotopic (exact) mass is 305 g/mol. The molecule has 2 N–H and O–H groups in total. The highest BCUT2D eigenvalue weighted by molar-refractivity contribution is 6.31. The Bertz CT molecular complexity index is 629. The van der Waals surface area contributed by atoms with Crippen LogP contribution in [-0.4, -0.2) is 20.2 Å². The van der Waals surface area contributed by atoms with E-state index >= 15 is 0 Å². The summed E-state index contributed by atoms with van der Waals surface area (Å²) in [6.45, 7) is 4.59. The van der Waals surface area contributed by atoms with Gasteiger partial charge in [0.25, 0.3) is 0 Å². The second kappa shape index (κ2) is 5.64. The number of nitrogens with zero attached hydrogens (tertiary/aromatic N) is 4. The summed E-state index contributed by atoms with van der Waals surface area (Å²) < 4.78 is 1.94. The second-order valence-corrected chi connectivity index (χ2v) is 6.69. The van der Waals surface area contributed by atoms with Crippen LogP contribution in [0.4, 0.5) is 5.69 Å². The molecule has 0 radical (unpaired) electrons. The Morgan fingerprint density at radius 3 is 2.57 bits per heavy atom. The summed E-state index contributed by atoms with van der Waals surface area (Å²) in [5.41, 5.74) is 7.52. The molecule has 112 valence electrons. The van der Waals surface area contributed by atoms with Crippen molar-refractivity contribution in [3.8, 4) is 11.4 Å². The summed E-state index contributed by atoms with van der Waals surface area (Å²) in [5.74, 6) is 2.12. The summed E-state index contributed by atoms with van der Waals surface area (Å²) in [4.78, 5) is 0. The lowest BCUT2D eigenvalue weighted by atomic mass is 9.80. The third-order valence-electron chi connectivity index (χ3n) is 4.25. The van der Waals surface area contributed by atoms with Crippen LogP contribution in [0.1, 0.15) is 39.2 Å². The van der Waals surface area contributed by atoms with E-state index in [1.165, 1.54) is 6.42 Å². The number of rotatable bonds is 2. The van der Waals surface area contributed by atoms with Crippen molar-refractivity contribution in [1.29, 1.82) is 0 Å². The molecule has 1 aromatic heterocycles. The van der Waals surface area contributed by atoms with Crippen LogP contribution in [0.25, 0.3) is 11.4 Å². The Balaban J connectivity index is 1.97. The Labute approximate surface area is 129 Å². The predicted molar refractivity (Wildman–Crippen MR) is 83.9 cm³/mol. The van der Waals surface area contributed by atoms with E-state index in [2.05, 4.69) is 29.4 Å². The van der Waals surface area contributed by atoms with Gasteiger partial charge in [-0.15, -0.1) is 5.10 Å².